The maximum absolute atomic E-state index is 13.5. The molecule has 0 saturated carbocycles. The Bertz CT molecular complexity index is 409. The topological polar surface area (TPSA) is 61.5 Å². The van der Waals surface area contributed by atoms with Crippen molar-refractivity contribution >= 4 is 5.97 Å². The van der Waals surface area contributed by atoms with Crippen LogP contribution in [0.4, 0.5) is 4.39 Å². The highest BCUT2D eigenvalue weighted by Gasteiger charge is 2.19. The average Bonchev–Trinajstić information content (AvgIpc) is 2.36. The molecule has 18 heavy (non-hydrogen) atoms. The molecule has 5 heteroatoms. The number of benzene rings is 1. The van der Waals surface area contributed by atoms with Gasteiger partial charge in [-0.3, -0.25) is 0 Å². The highest BCUT2D eigenvalue weighted by Crippen LogP contribution is 2.18. The molecule has 0 bridgehead atoms. The summed E-state index contributed by atoms with van der Waals surface area (Å²) in [4.78, 5) is 11.5. The van der Waals surface area contributed by atoms with Crippen LogP contribution in [0, 0.1) is 5.82 Å². The van der Waals surface area contributed by atoms with Crippen LogP contribution in [0.1, 0.15) is 25.8 Å². The van der Waals surface area contributed by atoms with Gasteiger partial charge in [-0.25, -0.2) is 9.18 Å². The lowest BCUT2D eigenvalue weighted by atomic mass is 10.2. The smallest absolute Gasteiger partial charge is 0.347 e. The van der Waals surface area contributed by atoms with Gasteiger partial charge in [0, 0.05) is 18.2 Å². The first-order valence-corrected chi connectivity index (χ1v) is 5.94. The lowest BCUT2D eigenvalue weighted by Gasteiger charge is -2.16. The van der Waals surface area contributed by atoms with Gasteiger partial charge in [0.2, 0.25) is 0 Å². The molecule has 1 atom stereocenters. The molecule has 1 aromatic rings. The lowest BCUT2D eigenvalue weighted by Crippen LogP contribution is -2.28. The van der Waals surface area contributed by atoms with E-state index in [-0.39, 0.29) is 6.54 Å². The van der Waals surface area contributed by atoms with E-state index in [4.69, 9.17) is 15.2 Å². The van der Waals surface area contributed by atoms with Crippen molar-refractivity contribution in [3.63, 3.8) is 0 Å². The molecule has 0 aromatic heterocycles. The Morgan fingerprint density at radius 2 is 2.17 bits per heavy atom. The van der Waals surface area contributed by atoms with Crippen molar-refractivity contribution in [1.82, 2.24) is 0 Å². The molecule has 0 amide bonds. The average molecular weight is 255 g/mol. The predicted octanol–water partition coefficient (Wildman–Crippen LogP) is 2.00. The Morgan fingerprint density at radius 3 is 2.67 bits per heavy atom. The van der Waals surface area contributed by atoms with Crippen LogP contribution in [0.15, 0.2) is 18.2 Å². The molecule has 100 valence electrons. The SMILES string of the molecule is CCOC(=O)C(CC)Oc1ccc(CN)c(F)c1. The second kappa shape index (κ2) is 6.96. The van der Waals surface area contributed by atoms with E-state index >= 15 is 0 Å². The number of hydrogen-bond acceptors (Lipinski definition) is 4. The molecule has 0 saturated heterocycles. The fourth-order valence-electron chi connectivity index (χ4n) is 1.46. The van der Waals surface area contributed by atoms with Crippen molar-refractivity contribution in [2.45, 2.75) is 32.9 Å². The zero-order valence-electron chi connectivity index (χ0n) is 10.6. The largest absolute Gasteiger partial charge is 0.479 e. The molecule has 0 fully saturated rings. The maximum atomic E-state index is 13.5. The number of nitrogens with two attached hydrogens (primary N) is 1. The second-order valence-electron chi connectivity index (χ2n) is 3.72. The van der Waals surface area contributed by atoms with E-state index in [0.717, 1.165) is 0 Å². The first kappa shape index (κ1) is 14.4. The van der Waals surface area contributed by atoms with Gasteiger partial charge < -0.3 is 15.2 Å². The van der Waals surface area contributed by atoms with Crippen LogP contribution in [-0.2, 0) is 16.1 Å². The predicted molar refractivity (Wildman–Crippen MR) is 65.6 cm³/mol. The number of rotatable bonds is 6. The quantitative estimate of drug-likeness (QED) is 0.790. The fourth-order valence-corrected chi connectivity index (χ4v) is 1.46. The molecular weight excluding hydrogens is 237 g/mol. The minimum atomic E-state index is -0.715. The molecule has 0 aliphatic rings. The van der Waals surface area contributed by atoms with E-state index in [1.807, 2.05) is 0 Å². The number of hydrogen-bond donors (Lipinski definition) is 1. The van der Waals surface area contributed by atoms with Crippen LogP contribution < -0.4 is 10.5 Å². The molecule has 1 rings (SSSR count). The van der Waals surface area contributed by atoms with Gasteiger partial charge >= 0.3 is 5.97 Å². The standard InChI is InChI=1S/C13H18FNO3/c1-3-12(13(16)17-4-2)18-10-6-5-9(8-15)11(14)7-10/h5-7,12H,3-4,8,15H2,1-2H3. The minimum absolute atomic E-state index is 0.126. The summed E-state index contributed by atoms with van der Waals surface area (Å²) >= 11 is 0. The summed E-state index contributed by atoms with van der Waals surface area (Å²) in [6, 6.07) is 4.36. The number of ether oxygens (including phenoxy) is 2. The van der Waals surface area contributed by atoms with Gasteiger partial charge in [0.15, 0.2) is 6.10 Å². The summed E-state index contributed by atoms with van der Waals surface area (Å²) < 4.78 is 23.7. The van der Waals surface area contributed by atoms with E-state index in [0.29, 0.717) is 24.3 Å². The van der Waals surface area contributed by atoms with Crippen molar-refractivity contribution in [3.8, 4) is 5.75 Å². The van der Waals surface area contributed by atoms with Gasteiger partial charge in [0.1, 0.15) is 11.6 Å². The summed E-state index contributed by atoms with van der Waals surface area (Å²) in [7, 11) is 0. The summed E-state index contributed by atoms with van der Waals surface area (Å²) in [5.41, 5.74) is 5.77. The molecule has 1 unspecified atom stereocenters. The third-order valence-electron chi connectivity index (χ3n) is 2.44. The van der Waals surface area contributed by atoms with Crippen LogP contribution >= 0.6 is 0 Å². The van der Waals surface area contributed by atoms with Gasteiger partial charge in [0.25, 0.3) is 0 Å². The third kappa shape index (κ3) is 3.70. The number of halogens is 1. The number of carbonyl (C=O) groups is 1. The van der Waals surface area contributed by atoms with Gasteiger partial charge in [-0.1, -0.05) is 13.0 Å². The normalized spacial score (nSPS) is 12.0. The van der Waals surface area contributed by atoms with Crippen molar-refractivity contribution in [2.75, 3.05) is 6.61 Å². The molecule has 1 aromatic carbocycles. The summed E-state index contributed by atoms with van der Waals surface area (Å²) in [5, 5.41) is 0. The Hall–Kier alpha value is -1.62. The van der Waals surface area contributed by atoms with Crippen LogP contribution in [-0.4, -0.2) is 18.7 Å². The van der Waals surface area contributed by atoms with Crippen LogP contribution in [0.2, 0.25) is 0 Å². The van der Waals surface area contributed by atoms with E-state index < -0.39 is 17.9 Å². The lowest BCUT2D eigenvalue weighted by molar-refractivity contribution is -0.151. The first-order valence-electron chi connectivity index (χ1n) is 5.94. The zero-order chi connectivity index (χ0) is 13.5. The van der Waals surface area contributed by atoms with E-state index in [2.05, 4.69) is 0 Å². The van der Waals surface area contributed by atoms with Gasteiger partial charge in [-0.05, 0) is 19.4 Å². The zero-order valence-corrected chi connectivity index (χ0v) is 10.6. The van der Waals surface area contributed by atoms with Crippen LogP contribution in [0.25, 0.3) is 0 Å². The highest BCUT2D eigenvalue weighted by atomic mass is 19.1. The molecule has 0 radical (unpaired) electrons. The molecular formula is C13H18FNO3. The van der Waals surface area contributed by atoms with Crippen molar-refractivity contribution < 1.29 is 18.7 Å². The molecule has 2 N–H and O–H groups in total. The summed E-state index contributed by atoms with van der Waals surface area (Å²) in [6.07, 6.45) is -0.257. The molecule has 0 spiro atoms. The van der Waals surface area contributed by atoms with Gasteiger partial charge in [-0.15, -0.1) is 0 Å². The molecule has 0 aliphatic heterocycles. The third-order valence-corrected chi connectivity index (χ3v) is 2.44. The number of carbonyl (C=O) groups excluding carboxylic acids is 1. The van der Waals surface area contributed by atoms with E-state index in [1.165, 1.54) is 6.07 Å². The Labute approximate surface area is 106 Å². The Kier molecular flexibility index (Phi) is 5.58. The summed E-state index contributed by atoms with van der Waals surface area (Å²) in [6.45, 7) is 3.94. The fraction of sp³-hybridized carbons (Fsp3) is 0.462. The van der Waals surface area contributed by atoms with Crippen LogP contribution in [0.5, 0.6) is 5.75 Å². The first-order chi connectivity index (χ1) is 8.62. The molecule has 4 nitrogen and oxygen atoms in total. The van der Waals surface area contributed by atoms with Gasteiger partial charge in [0.05, 0.1) is 6.61 Å². The van der Waals surface area contributed by atoms with Crippen molar-refractivity contribution in [2.24, 2.45) is 5.73 Å². The van der Waals surface area contributed by atoms with Crippen molar-refractivity contribution in [3.05, 3.63) is 29.6 Å². The second-order valence-corrected chi connectivity index (χ2v) is 3.72. The highest BCUT2D eigenvalue weighted by molar-refractivity contribution is 5.75. The van der Waals surface area contributed by atoms with E-state index in [1.54, 1.807) is 26.0 Å². The maximum Gasteiger partial charge on any atom is 0.347 e. The van der Waals surface area contributed by atoms with Gasteiger partial charge in [-0.2, -0.15) is 0 Å². The summed E-state index contributed by atoms with van der Waals surface area (Å²) in [5.74, 6) is -0.582. The molecule has 0 aliphatic carbocycles. The Balaban J connectivity index is 2.76. The van der Waals surface area contributed by atoms with E-state index in [9.17, 15) is 9.18 Å². The Morgan fingerprint density at radius 1 is 1.44 bits per heavy atom. The van der Waals surface area contributed by atoms with Crippen molar-refractivity contribution in [1.29, 1.82) is 0 Å². The monoisotopic (exact) mass is 255 g/mol. The molecule has 0 heterocycles. The number of esters is 1. The van der Waals surface area contributed by atoms with Crippen LogP contribution in [0.3, 0.4) is 0 Å². The minimum Gasteiger partial charge on any atom is -0.479 e.